The van der Waals surface area contributed by atoms with E-state index >= 15 is 0 Å². The van der Waals surface area contributed by atoms with E-state index in [1.54, 1.807) is 31.2 Å². The molecule has 9 nitrogen and oxygen atoms in total. The van der Waals surface area contributed by atoms with Gasteiger partial charge in [-0.25, -0.2) is 9.07 Å². The summed E-state index contributed by atoms with van der Waals surface area (Å²) in [5, 5.41) is 12.6. The van der Waals surface area contributed by atoms with Crippen LogP contribution in [0.25, 0.3) is 0 Å². The Labute approximate surface area is 202 Å². The molecule has 0 radical (unpaired) electrons. The monoisotopic (exact) mass is 478 g/mol. The van der Waals surface area contributed by atoms with Crippen LogP contribution in [0.1, 0.15) is 23.2 Å². The third-order valence-corrected chi connectivity index (χ3v) is 6.29. The highest BCUT2D eigenvalue weighted by Gasteiger charge is 2.32. The van der Waals surface area contributed by atoms with Crippen molar-refractivity contribution in [1.82, 2.24) is 25.1 Å². The van der Waals surface area contributed by atoms with Gasteiger partial charge in [0, 0.05) is 26.2 Å². The second kappa shape index (κ2) is 10.1. The van der Waals surface area contributed by atoms with Crippen molar-refractivity contribution in [2.24, 2.45) is 0 Å². The van der Waals surface area contributed by atoms with Gasteiger partial charge in [0.1, 0.15) is 18.1 Å². The molecule has 10 heteroatoms. The van der Waals surface area contributed by atoms with Gasteiger partial charge < -0.3 is 18.8 Å². The Morgan fingerprint density at radius 2 is 1.77 bits per heavy atom. The zero-order chi connectivity index (χ0) is 24.2. The molecule has 0 bridgehead atoms. The van der Waals surface area contributed by atoms with E-state index in [0.717, 1.165) is 11.3 Å². The average Bonchev–Trinajstić information content (AvgIpc) is 3.58. The number of halogens is 1. The number of furan rings is 1. The molecule has 0 amide bonds. The molecule has 0 N–H and O–H groups in total. The molecule has 0 aliphatic carbocycles. The van der Waals surface area contributed by atoms with E-state index < -0.39 is 0 Å². The van der Waals surface area contributed by atoms with Crippen molar-refractivity contribution in [2.75, 3.05) is 45.3 Å². The van der Waals surface area contributed by atoms with Gasteiger partial charge in [-0.15, -0.1) is 5.10 Å². The van der Waals surface area contributed by atoms with Crippen LogP contribution in [0.15, 0.2) is 65.3 Å². The smallest absolute Gasteiger partial charge is 0.173 e. The van der Waals surface area contributed by atoms with Crippen LogP contribution in [-0.4, -0.2) is 65.5 Å². The lowest BCUT2D eigenvalue weighted by Crippen LogP contribution is -2.48. The first-order valence-electron chi connectivity index (χ1n) is 11.4. The molecule has 182 valence electrons. The molecule has 1 aliphatic heterocycles. The van der Waals surface area contributed by atoms with Gasteiger partial charge in [-0.05, 0) is 52.4 Å². The van der Waals surface area contributed by atoms with Crippen molar-refractivity contribution >= 4 is 5.69 Å². The number of nitrogens with zero attached hydrogens (tertiary/aromatic N) is 6. The fraction of sp³-hybridized carbons (Fsp3) is 0.320. The molecule has 1 saturated heterocycles. The number of benzene rings is 2. The summed E-state index contributed by atoms with van der Waals surface area (Å²) < 4.78 is 32.7. The molecule has 2 aromatic heterocycles. The third-order valence-electron chi connectivity index (χ3n) is 6.29. The largest absolute Gasteiger partial charge is 0.493 e. The fourth-order valence-corrected chi connectivity index (χ4v) is 4.55. The summed E-state index contributed by atoms with van der Waals surface area (Å²) in [5.74, 6) is 2.52. The molecule has 35 heavy (non-hydrogen) atoms. The summed E-state index contributed by atoms with van der Waals surface area (Å²) in [6.45, 7) is 3.14. The summed E-state index contributed by atoms with van der Waals surface area (Å²) in [6.07, 6.45) is 1.63. The number of piperazine rings is 1. The van der Waals surface area contributed by atoms with E-state index in [1.165, 1.54) is 6.07 Å². The number of rotatable bonds is 8. The van der Waals surface area contributed by atoms with Crippen molar-refractivity contribution < 1.29 is 18.3 Å². The van der Waals surface area contributed by atoms with Crippen molar-refractivity contribution in [2.45, 2.75) is 12.6 Å². The van der Waals surface area contributed by atoms with Crippen LogP contribution in [0.3, 0.4) is 0 Å². The lowest BCUT2D eigenvalue weighted by atomic mass is 10.0. The zero-order valence-electron chi connectivity index (χ0n) is 19.7. The standard InChI is InChI=1S/C25H27FN6O3/c1-33-22-10-9-18(16-23(22)34-2)24(25-27-28-29-32(25)17-19-6-5-15-35-19)31-13-11-30(12-14-31)21-8-4-3-7-20(21)26/h3-10,15-16,24H,11-14,17H2,1-2H3. The second-order valence-corrected chi connectivity index (χ2v) is 8.27. The van der Waals surface area contributed by atoms with E-state index in [0.29, 0.717) is 55.7 Å². The Morgan fingerprint density at radius 3 is 2.49 bits per heavy atom. The summed E-state index contributed by atoms with van der Waals surface area (Å²) in [7, 11) is 3.23. The zero-order valence-corrected chi connectivity index (χ0v) is 19.7. The normalized spacial score (nSPS) is 15.2. The summed E-state index contributed by atoms with van der Waals surface area (Å²) in [4.78, 5) is 4.38. The van der Waals surface area contributed by atoms with Crippen LogP contribution >= 0.6 is 0 Å². The highest BCUT2D eigenvalue weighted by Crippen LogP contribution is 2.35. The molecule has 1 unspecified atom stereocenters. The molecule has 0 saturated carbocycles. The molecule has 1 aliphatic rings. The van der Waals surface area contributed by atoms with E-state index in [4.69, 9.17) is 13.9 Å². The minimum Gasteiger partial charge on any atom is -0.493 e. The molecule has 2 aromatic carbocycles. The van der Waals surface area contributed by atoms with Gasteiger partial charge in [-0.1, -0.05) is 18.2 Å². The predicted octanol–water partition coefficient (Wildman–Crippen LogP) is 3.38. The molecule has 5 rings (SSSR count). The van der Waals surface area contributed by atoms with E-state index in [9.17, 15) is 4.39 Å². The molecule has 4 aromatic rings. The van der Waals surface area contributed by atoms with Crippen LogP contribution in [0.2, 0.25) is 0 Å². The quantitative estimate of drug-likeness (QED) is 0.381. The molecule has 1 atom stereocenters. The first kappa shape index (κ1) is 22.9. The van der Waals surface area contributed by atoms with Crippen molar-refractivity contribution in [3.8, 4) is 11.5 Å². The van der Waals surface area contributed by atoms with Crippen LogP contribution in [0.5, 0.6) is 11.5 Å². The molecule has 1 fully saturated rings. The average molecular weight is 479 g/mol. The topological polar surface area (TPSA) is 81.7 Å². The predicted molar refractivity (Wildman–Crippen MR) is 127 cm³/mol. The lowest BCUT2D eigenvalue weighted by Gasteiger charge is -2.40. The van der Waals surface area contributed by atoms with Gasteiger partial charge in [-0.2, -0.15) is 0 Å². The van der Waals surface area contributed by atoms with Crippen molar-refractivity contribution in [3.05, 3.63) is 83.8 Å². The number of methoxy groups -OCH3 is 2. The van der Waals surface area contributed by atoms with Gasteiger partial charge in [0.15, 0.2) is 17.3 Å². The molecule has 0 spiro atoms. The van der Waals surface area contributed by atoms with Gasteiger partial charge >= 0.3 is 0 Å². The van der Waals surface area contributed by atoms with E-state index in [2.05, 4.69) is 25.3 Å². The van der Waals surface area contributed by atoms with E-state index in [1.807, 2.05) is 42.5 Å². The maximum atomic E-state index is 14.4. The van der Waals surface area contributed by atoms with E-state index in [-0.39, 0.29) is 11.9 Å². The van der Waals surface area contributed by atoms with Gasteiger partial charge in [0.05, 0.1) is 32.2 Å². The Kier molecular flexibility index (Phi) is 6.62. The highest BCUT2D eigenvalue weighted by atomic mass is 19.1. The Bertz CT molecular complexity index is 1250. The second-order valence-electron chi connectivity index (χ2n) is 8.27. The SMILES string of the molecule is COc1ccc(C(c2nnnn2Cc2ccco2)N2CCN(c3ccccc3F)CC2)cc1OC. The number of anilines is 1. The highest BCUT2D eigenvalue weighted by molar-refractivity contribution is 5.48. The lowest BCUT2D eigenvalue weighted by molar-refractivity contribution is 0.200. The number of hydrogen-bond acceptors (Lipinski definition) is 8. The van der Waals surface area contributed by atoms with Crippen LogP contribution < -0.4 is 14.4 Å². The minimum absolute atomic E-state index is 0.209. The van der Waals surface area contributed by atoms with Crippen LogP contribution in [0.4, 0.5) is 10.1 Å². The van der Waals surface area contributed by atoms with Crippen molar-refractivity contribution in [1.29, 1.82) is 0 Å². The Hall–Kier alpha value is -3.92. The first-order valence-corrected chi connectivity index (χ1v) is 11.4. The van der Waals surface area contributed by atoms with Gasteiger partial charge in [0.25, 0.3) is 0 Å². The number of ether oxygens (including phenoxy) is 2. The molecular formula is C25H27FN6O3. The van der Waals surface area contributed by atoms with Crippen LogP contribution in [-0.2, 0) is 6.54 Å². The van der Waals surface area contributed by atoms with Gasteiger partial charge in [-0.3, -0.25) is 4.90 Å². The first-order chi connectivity index (χ1) is 17.2. The molecule has 3 heterocycles. The Morgan fingerprint density at radius 1 is 0.971 bits per heavy atom. The summed E-state index contributed by atoms with van der Waals surface area (Å²) >= 11 is 0. The van der Waals surface area contributed by atoms with Crippen molar-refractivity contribution in [3.63, 3.8) is 0 Å². The minimum atomic E-state index is -0.248. The molecular weight excluding hydrogens is 451 g/mol. The number of para-hydroxylation sites is 1. The summed E-state index contributed by atoms with van der Waals surface area (Å²) in [6, 6.07) is 16.2. The summed E-state index contributed by atoms with van der Waals surface area (Å²) in [5.41, 5.74) is 1.59. The Balaban J connectivity index is 1.47. The number of hydrogen-bond donors (Lipinski definition) is 0. The van der Waals surface area contributed by atoms with Gasteiger partial charge in [0.2, 0.25) is 0 Å². The number of aromatic nitrogens is 4. The van der Waals surface area contributed by atoms with Crippen LogP contribution in [0, 0.1) is 5.82 Å². The third kappa shape index (κ3) is 4.69. The number of tetrazole rings is 1. The fourth-order valence-electron chi connectivity index (χ4n) is 4.55. The maximum Gasteiger partial charge on any atom is 0.173 e. The maximum absolute atomic E-state index is 14.4.